The van der Waals surface area contributed by atoms with Crippen LogP contribution in [0.5, 0.6) is 11.5 Å². The smallest absolute Gasteiger partial charge is 0.328 e. The van der Waals surface area contributed by atoms with Gasteiger partial charge in [-0.2, -0.15) is 0 Å². The number of phenolic OH excluding ortho intramolecular Hbond substituents is 2. The quantitative estimate of drug-likeness (QED) is 0.0199. The van der Waals surface area contributed by atoms with Gasteiger partial charge in [0.25, 0.3) is 11.8 Å². The largest absolute Gasteiger partial charge is 0.504 e. The molecule has 2 heterocycles. The van der Waals surface area contributed by atoms with E-state index in [0.29, 0.717) is 48.7 Å². The highest BCUT2D eigenvalue weighted by molar-refractivity contribution is 6.02. The third-order valence-corrected chi connectivity index (χ3v) is 10.0. The lowest BCUT2D eigenvalue weighted by molar-refractivity contribution is -0.167. The summed E-state index contributed by atoms with van der Waals surface area (Å²) in [7, 11) is 0. The molecule has 16 nitrogen and oxygen atoms in total. The SMILES string of the molecule is CCCCCCCCC=CCCCC(=O)N(O)CCCCC(NC(=O)C1(C)COC(c2cccc(O)c2O)=N1)C(=O)OC(C)CC(=O)NC1CCCCN(O)C1=O. The first kappa shape index (κ1) is 46.7. The Morgan fingerprint density at radius 3 is 2.53 bits per heavy atom. The van der Waals surface area contributed by atoms with E-state index < -0.39 is 64.8 Å². The van der Waals surface area contributed by atoms with Gasteiger partial charge in [-0.15, -0.1) is 0 Å². The minimum Gasteiger partial charge on any atom is -0.504 e. The molecule has 6 N–H and O–H groups in total. The Kier molecular flexibility index (Phi) is 19.8. The second-order valence-corrected chi connectivity index (χ2v) is 15.1. The maximum atomic E-state index is 13.6. The van der Waals surface area contributed by atoms with Crippen molar-refractivity contribution in [3.8, 4) is 11.5 Å². The number of aromatic hydroxyl groups is 2. The summed E-state index contributed by atoms with van der Waals surface area (Å²) in [6.45, 7) is 5.13. The fourth-order valence-electron chi connectivity index (χ4n) is 6.53. The number of nitrogens with one attached hydrogen (secondary N) is 2. The van der Waals surface area contributed by atoms with E-state index in [0.717, 1.165) is 19.3 Å². The summed E-state index contributed by atoms with van der Waals surface area (Å²) in [6.07, 6.45) is 15.2. The highest BCUT2D eigenvalue weighted by Gasteiger charge is 2.42. The maximum absolute atomic E-state index is 13.6. The van der Waals surface area contributed by atoms with Crippen LogP contribution in [0.15, 0.2) is 35.3 Å². The second-order valence-electron chi connectivity index (χ2n) is 15.1. The molecule has 57 heavy (non-hydrogen) atoms. The number of hydrogen-bond acceptors (Lipinski definition) is 12. The molecule has 0 aromatic heterocycles. The monoisotopic (exact) mass is 801 g/mol. The van der Waals surface area contributed by atoms with Crippen LogP contribution in [0, 0.1) is 0 Å². The zero-order valence-corrected chi connectivity index (χ0v) is 33.7. The number of rotatable bonds is 24. The highest BCUT2D eigenvalue weighted by Crippen LogP contribution is 2.32. The minimum absolute atomic E-state index is 0.0107. The van der Waals surface area contributed by atoms with Crippen molar-refractivity contribution in [1.82, 2.24) is 20.8 Å². The van der Waals surface area contributed by atoms with E-state index in [4.69, 9.17) is 9.47 Å². The lowest BCUT2D eigenvalue weighted by Gasteiger charge is -2.25. The molecule has 1 fully saturated rings. The van der Waals surface area contributed by atoms with Crippen molar-refractivity contribution in [3.05, 3.63) is 35.9 Å². The van der Waals surface area contributed by atoms with Crippen LogP contribution in [0.4, 0.5) is 0 Å². The molecule has 4 unspecified atom stereocenters. The number of carbonyl (C=O) groups excluding carboxylic acids is 5. The van der Waals surface area contributed by atoms with Gasteiger partial charge >= 0.3 is 5.97 Å². The first-order valence-corrected chi connectivity index (χ1v) is 20.4. The number of para-hydroxylation sites is 1. The van der Waals surface area contributed by atoms with E-state index in [2.05, 4.69) is 34.7 Å². The molecule has 0 bridgehead atoms. The number of phenols is 2. The van der Waals surface area contributed by atoms with E-state index in [1.54, 1.807) is 0 Å². The predicted octanol–water partition coefficient (Wildman–Crippen LogP) is 5.19. The van der Waals surface area contributed by atoms with Crippen LogP contribution < -0.4 is 10.6 Å². The van der Waals surface area contributed by atoms with Crippen molar-refractivity contribution in [3.63, 3.8) is 0 Å². The summed E-state index contributed by atoms with van der Waals surface area (Å²) >= 11 is 0. The van der Waals surface area contributed by atoms with Gasteiger partial charge in [0.15, 0.2) is 17.0 Å². The number of unbranched alkanes of at least 4 members (excludes halogenated alkanes) is 8. The van der Waals surface area contributed by atoms with E-state index in [1.165, 1.54) is 64.2 Å². The van der Waals surface area contributed by atoms with E-state index in [-0.39, 0.29) is 50.4 Å². The van der Waals surface area contributed by atoms with Gasteiger partial charge in [0.05, 0.1) is 12.0 Å². The summed E-state index contributed by atoms with van der Waals surface area (Å²) in [5, 5.41) is 47.0. The van der Waals surface area contributed by atoms with Gasteiger partial charge in [-0.1, -0.05) is 57.2 Å². The predicted molar refractivity (Wildman–Crippen MR) is 210 cm³/mol. The summed E-state index contributed by atoms with van der Waals surface area (Å²) in [6, 6.07) is 2.10. The van der Waals surface area contributed by atoms with Gasteiger partial charge in [0, 0.05) is 19.5 Å². The second kappa shape index (κ2) is 24.2. The molecule has 0 aliphatic carbocycles. The first-order chi connectivity index (χ1) is 27.2. The summed E-state index contributed by atoms with van der Waals surface area (Å²) in [4.78, 5) is 69.2. The molecule has 4 amide bonds. The molecule has 0 spiro atoms. The zero-order valence-electron chi connectivity index (χ0n) is 33.7. The molecule has 318 valence electrons. The number of esters is 1. The molecule has 4 atom stereocenters. The van der Waals surface area contributed by atoms with Gasteiger partial charge in [0.2, 0.25) is 17.7 Å². The van der Waals surface area contributed by atoms with Crippen LogP contribution >= 0.6 is 0 Å². The minimum atomic E-state index is -1.53. The van der Waals surface area contributed by atoms with Crippen molar-refractivity contribution < 1.29 is 54.1 Å². The van der Waals surface area contributed by atoms with E-state index in [1.807, 2.05) is 0 Å². The Morgan fingerprint density at radius 2 is 1.77 bits per heavy atom. The molecule has 3 rings (SSSR count). The third kappa shape index (κ3) is 15.6. The van der Waals surface area contributed by atoms with Crippen molar-refractivity contribution in [2.45, 2.75) is 154 Å². The van der Waals surface area contributed by atoms with Crippen LogP contribution in [-0.2, 0) is 33.4 Å². The average Bonchev–Trinajstić information content (AvgIpc) is 3.51. The summed E-state index contributed by atoms with van der Waals surface area (Å²) < 4.78 is 11.2. The molecule has 1 aromatic carbocycles. The molecule has 16 heteroatoms. The Labute approximate surface area is 335 Å². The molecule has 0 saturated carbocycles. The summed E-state index contributed by atoms with van der Waals surface area (Å²) in [5.74, 6) is -4.05. The Bertz CT molecular complexity index is 1550. The normalized spacial score (nSPS) is 19.3. The van der Waals surface area contributed by atoms with E-state index in [9.17, 15) is 44.6 Å². The molecule has 2 aliphatic rings. The number of hydrogen-bond donors (Lipinski definition) is 6. The van der Waals surface area contributed by atoms with Crippen LogP contribution in [-0.4, -0.2) is 110 Å². The zero-order chi connectivity index (χ0) is 41.8. The van der Waals surface area contributed by atoms with Crippen LogP contribution in [0.25, 0.3) is 0 Å². The van der Waals surface area contributed by atoms with Crippen LogP contribution in [0.2, 0.25) is 0 Å². The van der Waals surface area contributed by atoms with Crippen LogP contribution in [0.3, 0.4) is 0 Å². The highest BCUT2D eigenvalue weighted by atomic mass is 16.5. The molecule has 0 radical (unpaired) electrons. The van der Waals surface area contributed by atoms with E-state index >= 15 is 0 Å². The maximum Gasteiger partial charge on any atom is 0.328 e. The molecule has 1 aromatic rings. The average molecular weight is 802 g/mol. The molecular formula is C41H63N5O11. The van der Waals surface area contributed by atoms with Gasteiger partial charge in [0.1, 0.15) is 24.8 Å². The first-order valence-electron chi connectivity index (χ1n) is 20.4. The number of allylic oxidation sites excluding steroid dienone is 2. The number of amides is 4. The van der Waals surface area contributed by atoms with Gasteiger partial charge in [-0.05, 0) is 90.2 Å². The van der Waals surface area contributed by atoms with Gasteiger partial charge in [-0.3, -0.25) is 29.6 Å². The Balaban J connectivity index is 1.55. The molecule has 2 aliphatic heterocycles. The molecule has 1 saturated heterocycles. The number of hydroxylamine groups is 4. The molecular weight excluding hydrogens is 738 g/mol. The fourth-order valence-corrected chi connectivity index (χ4v) is 6.53. The lowest BCUT2D eigenvalue weighted by atomic mass is 10.0. The number of nitrogens with zero attached hydrogens (tertiary/aromatic N) is 3. The summed E-state index contributed by atoms with van der Waals surface area (Å²) in [5.41, 5.74) is -1.45. The fraction of sp³-hybridized carbons (Fsp3) is 0.659. The van der Waals surface area contributed by atoms with Crippen molar-refractivity contribution in [1.29, 1.82) is 0 Å². The number of ether oxygens (including phenoxy) is 2. The number of benzene rings is 1. The van der Waals surface area contributed by atoms with Crippen LogP contribution in [0.1, 0.15) is 135 Å². The van der Waals surface area contributed by atoms with Crippen molar-refractivity contribution in [2.24, 2.45) is 4.99 Å². The van der Waals surface area contributed by atoms with Crippen molar-refractivity contribution >= 4 is 35.5 Å². The number of carbonyl (C=O) groups is 5. The van der Waals surface area contributed by atoms with Gasteiger partial charge in [-0.25, -0.2) is 19.9 Å². The van der Waals surface area contributed by atoms with Gasteiger partial charge < -0.3 is 30.3 Å². The number of aliphatic imine (C=N–C) groups is 1. The lowest BCUT2D eigenvalue weighted by Crippen LogP contribution is -2.52. The van der Waals surface area contributed by atoms with Crippen molar-refractivity contribution in [2.75, 3.05) is 19.7 Å². The third-order valence-electron chi connectivity index (χ3n) is 10.0. The standard InChI is InChI=1S/C41H63N5O11/c1-4-5-6-7-8-9-10-11-12-13-14-24-35(49)45(54)25-17-16-22-32(39(52)57-29(2)27-34(48)42-31-21-15-18-26-46(55)38(31)51)43-40(53)41(3)28-56-37(44-41)30-20-19-23-33(47)36(30)50/h11-12,19-20,23,29,31-32,47,50,54-55H,4-10,13-18,21-22,24-28H2,1-3H3,(H,42,48)(H,43,53). The Morgan fingerprint density at radius 1 is 1.05 bits per heavy atom. The Hall–Kier alpha value is -4.70. The topological polar surface area (TPSA) is 228 Å².